The Morgan fingerprint density at radius 2 is 1.62 bits per heavy atom. The van der Waals surface area contributed by atoms with Crippen LogP contribution in [0.4, 0.5) is 5.69 Å². The largest absolute Gasteiger partial charge is 0.497 e. The molecule has 5 rings (SSSR count). The summed E-state index contributed by atoms with van der Waals surface area (Å²) in [6.45, 7) is 2.42. The van der Waals surface area contributed by atoms with Gasteiger partial charge in [-0.1, -0.05) is 60.7 Å². The summed E-state index contributed by atoms with van der Waals surface area (Å²) in [6, 6.07) is 26.7. The van der Waals surface area contributed by atoms with Crippen LogP contribution in [-0.4, -0.2) is 32.2 Å². The molecule has 0 saturated heterocycles. The minimum absolute atomic E-state index is 0.152. The number of rotatable bonds is 8. The third-order valence-electron chi connectivity index (χ3n) is 6.31. The molecule has 1 amide bonds. The van der Waals surface area contributed by atoms with Gasteiger partial charge in [0.05, 0.1) is 13.7 Å². The van der Waals surface area contributed by atoms with Gasteiger partial charge in [-0.2, -0.15) is 9.50 Å². The number of fused-ring (bicyclic) bond motifs is 1. The third kappa shape index (κ3) is 5.13. The smallest absolute Gasteiger partial charge is 0.279 e. The topological polar surface area (TPSA) is 90.5 Å². The lowest BCUT2D eigenvalue weighted by molar-refractivity contribution is -0.116. The van der Waals surface area contributed by atoms with Gasteiger partial charge in [0.2, 0.25) is 11.7 Å². The second kappa shape index (κ2) is 10.5. The van der Waals surface area contributed by atoms with Crippen LogP contribution < -0.4 is 15.6 Å². The van der Waals surface area contributed by atoms with Gasteiger partial charge in [-0.3, -0.25) is 9.59 Å². The first-order chi connectivity index (χ1) is 18.0. The molecule has 0 saturated carbocycles. The molecule has 1 N–H and O–H groups in total. The lowest BCUT2D eigenvalue weighted by atomic mass is 10.1. The second-order valence-corrected chi connectivity index (χ2v) is 8.73. The number of carbonyl (C=O) groups excluding carboxylic acids is 1. The van der Waals surface area contributed by atoms with Gasteiger partial charge in [0.25, 0.3) is 5.56 Å². The summed E-state index contributed by atoms with van der Waals surface area (Å²) in [5, 5.41) is 7.44. The van der Waals surface area contributed by atoms with Crippen molar-refractivity contribution < 1.29 is 9.53 Å². The molecule has 2 aromatic heterocycles. The predicted octanol–water partition coefficient (Wildman–Crippen LogP) is 4.49. The molecule has 37 heavy (non-hydrogen) atoms. The van der Waals surface area contributed by atoms with Gasteiger partial charge in [-0.25, -0.2) is 0 Å². The number of amides is 1. The molecule has 3 aromatic carbocycles. The number of nitrogens with zero attached hydrogens (tertiary/aromatic N) is 4. The summed E-state index contributed by atoms with van der Waals surface area (Å²) in [4.78, 5) is 31.0. The van der Waals surface area contributed by atoms with Crippen LogP contribution in [0.1, 0.15) is 23.2 Å². The maximum Gasteiger partial charge on any atom is 0.279 e. The average Bonchev–Trinajstić information content (AvgIpc) is 3.38. The van der Waals surface area contributed by atoms with Crippen LogP contribution in [0.2, 0.25) is 0 Å². The number of anilines is 1. The SMILES string of the molecule is COc1ccc(NC(=O)CCc2c(C)n(Cc3ccccc3)c3nc(-c4ccccc4)nn3c2=O)cc1. The molecule has 5 aromatic rings. The summed E-state index contributed by atoms with van der Waals surface area (Å²) in [7, 11) is 1.59. The highest BCUT2D eigenvalue weighted by Gasteiger charge is 2.19. The number of hydrogen-bond acceptors (Lipinski definition) is 5. The van der Waals surface area contributed by atoms with Gasteiger partial charge in [0.1, 0.15) is 5.75 Å². The Kier molecular flexibility index (Phi) is 6.81. The van der Waals surface area contributed by atoms with Crippen molar-refractivity contribution in [3.8, 4) is 17.1 Å². The molecule has 0 aliphatic rings. The molecule has 0 unspecified atom stereocenters. The number of methoxy groups -OCH3 is 1. The lowest BCUT2D eigenvalue weighted by Gasteiger charge is -2.15. The van der Waals surface area contributed by atoms with Crippen molar-refractivity contribution in [2.24, 2.45) is 0 Å². The predicted molar refractivity (Wildman–Crippen MR) is 143 cm³/mol. The molecule has 2 heterocycles. The maximum atomic E-state index is 13.5. The molecule has 0 aliphatic carbocycles. The lowest BCUT2D eigenvalue weighted by Crippen LogP contribution is -2.27. The first kappa shape index (κ1) is 24.0. The Hall–Kier alpha value is -4.72. The summed E-state index contributed by atoms with van der Waals surface area (Å²) in [5.74, 6) is 1.48. The van der Waals surface area contributed by atoms with E-state index in [1.54, 1.807) is 31.4 Å². The highest BCUT2D eigenvalue weighted by Crippen LogP contribution is 2.19. The standard InChI is InChI=1S/C29H27N5O3/c1-20-25(17-18-26(35)30-23-13-15-24(37-2)16-14-23)28(36)34-29(33(20)19-21-9-5-3-6-10-21)31-27(32-34)22-11-7-4-8-12-22/h3-16H,17-19H2,1-2H3,(H,30,35). The zero-order valence-electron chi connectivity index (χ0n) is 20.7. The Morgan fingerprint density at radius 1 is 0.946 bits per heavy atom. The Bertz CT molecular complexity index is 1590. The van der Waals surface area contributed by atoms with Gasteiger partial charge >= 0.3 is 0 Å². The van der Waals surface area contributed by atoms with E-state index < -0.39 is 0 Å². The van der Waals surface area contributed by atoms with Crippen LogP contribution in [0.5, 0.6) is 5.75 Å². The van der Waals surface area contributed by atoms with Crippen molar-refractivity contribution in [1.82, 2.24) is 19.2 Å². The van der Waals surface area contributed by atoms with E-state index in [1.165, 1.54) is 4.52 Å². The number of ether oxygens (including phenoxy) is 1. The van der Waals surface area contributed by atoms with Crippen LogP contribution in [0, 0.1) is 6.92 Å². The van der Waals surface area contributed by atoms with E-state index in [4.69, 9.17) is 9.72 Å². The van der Waals surface area contributed by atoms with Crippen LogP contribution >= 0.6 is 0 Å². The highest BCUT2D eigenvalue weighted by atomic mass is 16.5. The van der Waals surface area contributed by atoms with Crippen molar-refractivity contribution >= 4 is 17.4 Å². The van der Waals surface area contributed by atoms with E-state index in [1.807, 2.05) is 72.2 Å². The fraction of sp³-hybridized carbons (Fsp3) is 0.172. The zero-order chi connectivity index (χ0) is 25.8. The maximum absolute atomic E-state index is 13.5. The third-order valence-corrected chi connectivity index (χ3v) is 6.31. The van der Waals surface area contributed by atoms with Crippen molar-refractivity contribution in [3.05, 3.63) is 112 Å². The normalized spacial score (nSPS) is 11.0. The second-order valence-electron chi connectivity index (χ2n) is 8.73. The van der Waals surface area contributed by atoms with E-state index in [2.05, 4.69) is 10.4 Å². The van der Waals surface area contributed by atoms with Crippen molar-refractivity contribution in [3.63, 3.8) is 0 Å². The Labute approximate surface area is 214 Å². The highest BCUT2D eigenvalue weighted by molar-refractivity contribution is 5.90. The number of nitrogens with one attached hydrogen (secondary N) is 1. The molecule has 8 heteroatoms. The van der Waals surface area contributed by atoms with E-state index in [-0.39, 0.29) is 24.3 Å². The van der Waals surface area contributed by atoms with Gasteiger partial charge < -0.3 is 14.6 Å². The molecule has 0 spiro atoms. The Morgan fingerprint density at radius 3 is 2.30 bits per heavy atom. The minimum atomic E-state index is -0.260. The van der Waals surface area contributed by atoms with Crippen molar-refractivity contribution in [2.45, 2.75) is 26.3 Å². The average molecular weight is 494 g/mol. The zero-order valence-corrected chi connectivity index (χ0v) is 20.7. The monoisotopic (exact) mass is 493 g/mol. The molecular weight excluding hydrogens is 466 g/mol. The number of aromatic nitrogens is 4. The molecule has 0 bridgehead atoms. The molecule has 0 atom stereocenters. The van der Waals surface area contributed by atoms with Crippen LogP contribution in [-0.2, 0) is 17.8 Å². The van der Waals surface area contributed by atoms with E-state index in [0.29, 0.717) is 35.1 Å². The van der Waals surface area contributed by atoms with E-state index in [9.17, 15) is 9.59 Å². The van der Waals surface area contributed by atoms with Gasteiger partial charge in [0.15, 0.2) is 5.82 Å². The quantitative estimate of drug-likeness (QED) is 0.344. The molecule has 0 radical (unpaired) electrons. The van der Waals surface area contributed by atoms with Crippen LogP contribution in [0.3, 0.4) is 0 Å². The van der Waals surface area contributed by atoms with Gasteiger partial charge in [0, 0.05) is 28.9 Å². The van der Waals surface area contributed by atoms with Crippen molar-refractivity contribution in [1.29, 1.82) is 0 Å². The molecule has 8 nitrogen and oxygen atoms in total. The summed E-state index contributed by atoms with van der Waals surface area (Å²) in [5.41, 5.74) is 3.62. The summed E-state index contributed by atoms with van der Waals surface area (Å²) < 4.78 is 8.51. The van der Waals surface area contributed by atoms with Crippen LogP contribution in [0.25, 0.3) is 17.2 Å². The molecular formula is C29H27N5O3. The first-order valence-electron chi connectivity index (χ1n) is 12.1. The summed E-state index contributed by atoms with van der Waals surface area (Å²) >= 11 is 0. The van der Waals surface area contributed by atoms with E-state index in [0.717, 1.165) is 16.8 Å². The molecule has 186 valence electrons. The van der Waals surface area contributed by atoms with E-state index >= 15 is 0 Å². The minimum Gasteiger partial charge on any atom is -0.497 e. The number of benzene rings is 3. The fourth-order valence-corrected chi connectivity index (χ4v) is 4.30. The summed E-state index contributed by atoms with van der Waals surface area (Å²) in [6.07, 6.45) is 0.428. The molecule has 0 aliphatic heterocycles. The fourth-order valence-electron chi connectivity index (χ4n) is 4.30. The van der Waals surface area contributed by atoms with Crippen LogP contribution in [0.15, 0.2) is 89.7 Å². The van der Waals surface area contributed by atoms with Crippen molar-refractivity contribution in [2.75, 3.05) is 12.4 Å². The number of carbonyl (C=O) groups is 1. The molecule has 0 fully saturated rings. The first-order valence-corrected chi connectivity index (χ1v) is 12.1. The Balaban J connectivity index is 1.49. The van der Waals surface area contributed by atoms with Gasteiger partial charge in [-0.05, 0) is 43.2 Å². The number of hydrogen-bond donors (Lipinski definition) is 1. The van der Waals surface area contributed by atoms with Gasteiger partial charge in [-0.15, -0.1) is 5.10 Å².